The van der Waals surface area contributed by atoms with Crippen LogP contribution < -0.4 is 5.69 Å². The molecule has 2 heterocycles. The second-order valence-electron chi connectivity index (χ2n) is 7.58. The molecule has 4 aromatic rings. The molecule has 0 radical (unpaired) electrons. The van der Waals surface area contributed by atoms with Crippen LogP contribution in [0.25, 0.3) is 22.3 Å². The fraction of sp³-hybridized carbons (Fsp3) is 0.273. The minimum absolute atomic E-state index is 0.0115. The number of rotatable bonds is 4. The summed E-state index contributed by atoms with van der Waals surface area (Å²) in [5.74, 6) is 0.532. The molecule has 0 atom stereocenters. The molecule has 0 saturated heterocycles. The highest BCUT2D eigenvalue weighted by Crippen LogP contribution is 2.44. The molecule has 0 spiro atoms. The number of hydrogen-bond donors (Lipinski definition) is 0. The van der Waals surface area contributed by atoms with Gasteiger partial charge < -0.3 is 4.57 Å². The highest BCUT2D eigenvalue weighted by Gasteiger charge is 2.30. The lowest BCUT2D eigenvalue weighted by Crippen LogP contribution is -2.19. The zero-order chi connectivity index (χ0) is 19.4. The van der Waals surface area contributed by atoms with Crippen LogP contribution in [0.4, 0.5) is 0 Å². The second kappa shape index (κ2) is 6.38. The van der Waals surface area contributed by atoms with Gasteiger partial charge in [0, 0.05) is 37.1 Å². The standard InChI is InChI=1S/C22H21ClN4O/c1-25-18-10-7-14(11-19(18)26(2)22(25)28)12-27-13-24-20(15-8-9-15)21(27)16-5-3-4-6-17(16)23/h3-7,10-11,13,15H,8-9,12H2,1-2H3. The van der Waals surface area contributed by atoms with Crippen molar-refractivity contribution in [2.24, 2.45) is 14.1 Å². The average molecular weight is 393 g/mol. The Bertz CT molecular complexity index is 1260. The van der Waals surface area contributed by atoms with E-state index in [1.165, 1.54) is 12.8 Å². The van der Waals surface area contributed by atoms with Crippen LogP contribution in [-0.2, 0) is 20.6 Å². The summed E-state index contributed by atoms with van der Waals surface area (Å²) in [7, 11) is 3.61. The van der Waals surface area contributed by atoms with Gasteiger partial charge >= 0.3 is 5.69 Å². The van der Waals surface area contributed by atoms with Crippen molar-refractivity contribution in [3.05, 3.63) is 75.6 Å². The fourth-order valence-electron chi connectivity index (χ4n) is 3.97. The maximum absolute atomic E-state index is 12.2. The van der Waals surface area contributed by atoms with E-state index < -0.39 is 0 Å². The Hall–Kier alpha value is -2.79. The van der Waals surface area contributed by atoms with E-state index in [1.54, 1.807) is 16.2 Å². The van der Waals surface area contributed by atoms with Gasteiger partial charge in [-0.15, -0.1) is 0 Å². The largest absolute Gasteiger partial charge is 0.328 e. The first-order valence-electron chi connectivity index (χ1n) is 9.49. The minimum atomic E-state index is -0.0115. The first-order valence-corrected chi connectivity index (χ1v) is 9.86. The van der Waals surface area contributed by atoms with Crippen LogP contribution in [0, 0.1) is 0 Å². The summed E-state index contributed by atoms with van der Waals surface area (Å²) < 4.78 is 5.55. The number of benzene rings is 2. The number of halogens is 1. The molecule has 6 heteroatoms. The van der Waals surface area contributed by atoms with Gasteiger partial charge in [0.05, 0.1) is 28.7 Å². The summed E-state index contributed by atoms with van der Waals surface area (Å²) >= 11 is 6.52. The van der Waals surface area contributed by atoms with Crippen molar-refractivity contribution >= 4 is 22.6 Å². The first-order chi connectivity index (χ1) is 13.5. The Balaban J connectivity index is 1.61. The molecule has 1 aliphatic carbocycles. The summed E-state index contributed by atoms with van der Waals surface area (Å²) in [5.41, 5.74) is 6.26. The van der Waals surface area contributed by atoms with Gasteiger partial charge in [0.15, 0.2) is 0 Å². The van der Waals surface area contributed by atoms with Gasteiger partial charge in [-0.05, 0) is 36.6 Å². The molecule has 0 N–H and O–H groups in total. The third-order valence-corrected chi connectivity index (χ3v) is 5.98. The minimum Gasteiger partial charge on any atom is -0.326 e. The number of nitrogens with zero attached hydrogens (tertiary/aromatic N) is 4. The summed E-state index contributed by atoms with van der Waals surface area (Å²) in [4.78, 5) is 17.0. The molecule has 1 aliphatic rings. The first kappa shape index (κ1) is 17.3. The van der Waals surface area contributed by atoms with Crippen molar-refractivity contribution in [2.45, 2.75) is 25.3 Å². The Labute approximate surface area is 167 Å². The van der Waals surface area contributed by atoms with E-state index >= 15 is 0 Å². The smallest absolute Gasteiger partial charge is 0.326 e. The number of aromatic nitrogens is 4. The van der Waals surface area contributed by atoms with Crippen molar-refractivity contribution in [3.8, 4) is 11.3 Å². The summed E-state index contributed by atoms with van der Waals surface area (Å²) in [6, 6.07) is 14.1. The molecule has 142 valence electrons. The lowest BCUT2D eigenvalue weighted by Gasteiger charge is -2.12. The normalized spacial score (nSPS) is 14.1. The molecule has 1 fully saturated rings. The van der Waals surface area contributed by atoms with E-state index in [0.29, 0.717) is 12.5 Å². The molecule has 2 aromatic heterocycles. The summed E-state index contributed by atoms with van der Waals surface area (Å²) in [5, 5.41) is 0.743. The van der Waals surface area contributed by atoms with E-state index in [4.69, 9.17) is 16.6 Å². The van der Waals surface area contributed by atoms with E-state index in [-0.39, 0.29) is 5.69 Å². The van der Waals surface area contributed by atoms with E-state index in [2.05, 4.69) is 22.8 Å². The summed E-state index contributed by atoms with van der Waals surface area (Å²) in [6.45, 7) is 0.680. The molecule has 0 unspecified atom stereocenters. The van der Waals surface area contributed by atoms with E-state index in [1.807, 2.05) is 37.6 Å². The molecule has 1 saturated carbocycles. The van der Waals surface area contributed by atoms with Gasteiger partial charge in [-0.2, -0.15) is 0 Å². The number of imidazole rings is 2. The third-order valence-electron chi connectivity index (χ3n) is 5.65. The maximum atomic E-state index is 12.2. The van der Waals surface area contributed by atoms with Crippen LogP contribution >= 0.6 is 11.6 Å². The SMILES string of the molecule is Cn1c(=O)n(C)c2cc(Cn3cnc(C4CC4)c3-c3ccccc3Cl)ccc21. The van der Waals surface area contributed by atoms with E-state index in [0.717, 1.165) is 38.6 Å². The lowest BCUT2D eigenvalue weighted by molar-refractivity contribution is 0.793. The predicted octanol–water partition coefficient (Wildman–Crippen LogP) is 4.32. The zero-order valence-corrected chi connectivity index (χ0v) is 16.6. The molecule has 5 rings (SSSR count). The average Bonchev–Trinajstić information content (AvgIpc) is 3.43. The molecular weight excluding hydrogens is 372 g/mol. The van der Waals surface area contributed by atoms with Gasteiger partial charge in [-0.25, -0.2) is 9.78 Å². The van der Waals surface area contributed by atoms with E-state index in [9.17, 15) is 4.79 Å². The molecule has 5 nitrogen and oxygen atoms in total. The molecule has 0 aliphatic heterocycles. The van der Waals surface area contributed by atoms with Crippen molar-refractivity contribution in [1.29, 1.82) is 0 Å². The van der Waals surface area contributed by atoms with Crippen LogP contribution in [0.3, 0.4) is 0 Å². The van der Waals surface area contributed by atoms with Crippen LogP contribution in [0.1, 0.15) is 30.0 Å². The monoisotopic (exact) mass is 392 g/mol. The quantitative estimate of drug-likeness (QED) is 0.519. The van der Waals surface area contributed by atoms with Crippen molar-refractivity contribution < 1.29 is 0 Å². The van der Waals surface area contributed by atoms with Crippen LogP contribution in [-0.4, -0.2) is 18.7 Å². The molecule has 2 aromatic carbocycles. The van der Waals surface area contributed by atoms with Gasteiger partial charge in [0.1, 0.15) is 0 Å². The topological polar surface area (TPSA) is 44.8 Å². The highest BCUT2D eigenvalue weighted by molar-refractivity contribution is 6.33. The van der Waals surface area contributed by atoms with Crippen LogP contribution in [0.5, 0.6) is 0 Å². The van der Waals surface area contributed by atoms with Gasteiger partial charge in [0.25, 0.3) is 0 Å². The predicted molar refractivity (Wildman–Crippen MR) is 112 cm³/mol. The number of fused-ring (bicyclic) bond motifs is 1. The maximum Gasteiger partial charge on any atom is 0.328 e. The van der Waals surface area contributed by atoms with Crippen LogP contribution in [0.2, 0.25) is 5.02 Å². The highest BCUT2D eigenvalue weighted by atomic mass is 35.5. The Kier molecular flexibility index (Phi) is 3.95. The molecular formula is C22H21ClN4O. The molecule has 0 amide bonds. The number of aryl methyl sites for hydroxylation is 2. The second-order valence-corrected chi connectivity index (χ2v) is 7.99. The molecule has 0 bridgehead atoms. The molecule has 28 heavy (non-hydrogen) atoms. The van der Waals surface area contributed by atoms with Crippen molar-refractivity contribution in [3.63, 3.8) is 0 Å². The number of hydrogen-bond acceptors (Lipinski definition) is 2. The summed E-state index contributed by atoms with van der Waals surface area (Å²) in [6.07, 6.45) is 4.29. The third kappa shape index (κ3) is 2.69. The fourth-order valence-corrected chi connectivity index (χ4v) is 4.19. The Morgan fingerprint density at radius 3 is 2.57 bits per heavy atom. The van der Waals surface area contributed by atoms with Crippen molar-refractivity contribution in [1.82, 2.24) is 18.7 Å². The zero-order valence-electron chi connectivity index (χ0n) is 15.9. The van der Waals surface area contributed by atoms with Crippen molar-refractivity contribution in [2.75, 3.05) is 0 Å². The van der Waals surface area contributed by atoms with Crippen LogP contribution in [0.15, 0.2) is 53.6 Å². The lowest BCUT2D eigenvalue weighted by atomic mass is 10.1. The van der Waals surface area contributed by atoms with Gasteiger partial charge in [-0.3, -0.25) is 9.13 Å². The Morgan fingerprint density at radius 2 is 1.82 bits per heavy atom. The van der Waals surface area contributed by atoms with Gasteiger partial charge in [-0.1, -0.05) is 35.9 Å². The Morgan fingerprint density at radius 1 is 1.07 bits per heavy atom. The van der Waals surface area contributed by atoms with Gasteiger partial charge in [0.2, 0.25) is 0 Å².